The minimum absolute atomic E-state index is 0.135. The van der Waals surface area contributed by atoms with Gasteiger partial charge in [0.15, 0.2) is 17.5 Å². The van der Waals surface area contributed by atoms with Crippen molar-refractivity contribution in [2.45, 2.75) is 13.3 Å². The van der Waals surface area contributed by atoms with E-state index in [0.29, 0.717) is 18.3 Å². The Kier molecular flexibility index (Phi) is 3.66. The van der Waals surface area contributed by atoms with Crippen molar-refractivity contribution in [2.24, 2.45) is 0 Å². The molecule has 0 N–H and O–H groups in total. The van der Waals surface area contributed by atoms with E-state index < -0.39 is 17.5 Å². The second kappa shape index (κ2) is 4.77. The largest absolute Gasteiger partial charge is 0.298 e. The molecule has 0 aromatic heterocycles. The summed E-state index contributed by atoms with van der Waals surface area (Å²) >= 11 is 0. The number of aldehydes is 1. The highest BCUT2D eigenvalue weighted by Crippen LogP contribution is 2.16. The van der Waals surface area contributed by atoms with Gasteiger partial charge in [-0.05, 0) is 35.8 Å². The lowest BCUT2D eigenvalue weighted by Crippen LogP contribution is -1.92. The molecule has 1 nitrogen and oxygen atoms in total. The first kappa shape index (κ1) is 11.5. The third kappa shape index (κ3) is 2.68. The van der Waals surface area contributed by atoms with Crippen molar-refractivity contribution in [2.75, 3.05) is 0 Å². The quantitative estimate of drug-likeness (QED) is 0.429. The maximum Gasteiger partial charge on any atom is 0.194 e. The molecule has 0 radical (unpaired) electrons. The highest BCUT2D eigenvalue weighted by Gasteiger charge is 2.09. The van der Waals surface area contributed by atoms with Gasteiger partial charge in [0.05, 0.1) is 0 Å². The van der Waals surface area contributed by atoms with Gasteiger partial charge in [-0.25, -0.2) is 13.2 Å². The highest BCUT2D eigenvalue weighted by molar-refractivity contribution is 5.81. The molecule has 80 valence electrons. The van der Waals surface area contributed by atoms with Crippen molar-refractivity contribution in [3.63, 3.8) is 0 Å². The molecule has 1 aromatic carbocycles. The van der Waals surface area contributed by atoms with Crippen LogP contribution in [0.5, 0.6) is 0 Å². The second-order valence-electron chi connectivity index (χ2n) is 2.99. The van der Waals surface area contributed by atoms with Crippen LogP contribution in [0.1, 0.15) is 18.9 Å². The van der Waals surface area contributed by atoms with Gasteiger partial charge in [-0.15, -0.1) is 0 Å². The molecule has 0 aliphatic heterocycles. The van der Waals surface area contributed by atoms with E-state index in [9.17, 15) is 18.0 Å². The summed E-state index contributed by atoms with van der Waals surface area (Å²) in [4.78, 5) is 10.4. The first-order valence-electron chi connectivity index (χ1n) is 4.38. The maximum absolute atomic E-state index is 12.8. The molecule has 0 atom stereocenters. The molecule has 1 rings (SSSR count). The van der Waals surface area contributed by atoms with E-state index in [1.807, 2.05) is 0 Å². The molecule has 0 spiro atoms. The van der Waals surface area contributed by atoms with Gasteiger partial charge >= 0.3 is 0 Å². The minimum atomic E-state index is -1.50. The van der Waals surface area contributed by atoms with Crippen molar-refractivity contribution in [1.82, 2.24) is 0 Å². The summed E-state index contributed by atoms with van der Waals surface area (Å²) in [6.07, 6.45) is 2.36. The average Bonchev–Trinajstić information content (AvgIpc) is 2.22. The van der Waals surface area contributed by atoms with Gasteiger partial charge in [0.25, 0.3) is 0 Å². The molecular formula is C11H9F3O. The van der Waals surface area contributed by atoms with Crippen LogP contribution in [0.15, 0.2) is 17.7 Å². The van der Waals surface area contributed by atoms with Crippen molar-refractivity contribution >= 4 is 12.4 Å². The van der Waals surface area contributed by atoms with E-state index in [4.69, 9.17) is 0 Å². The minimum Gasteiger partial charge on any atom is -0.298 e. The molecule has 0 unspecified atom stereocenters. The second-order valence-corrected chi connectivity index (χ2v) is 2.99. The van der Waals surface area contributed by atoms with E-state index >= 15 is 0 Å². The topological polar surface area (TPSA) is 17.1 Å². The zero-order chi connectivity index (χ0) is 11.4. The Balaban J connectivity index is 3.17. The summed E-state index contributed by atoms with van der Waals surface area (Å²) in [5.41, 5.74) is 0.524. The molecular weight excluding hydrogens is 205 g/mol. The van der Waals surface area contributed by atoms with E-state index in [2.05, 4.69) is 0 Å². The molecule has 0 fully saturated rings. The summed E-state index contributed by atoms with van der Waals surface area (Å²) in [5, 5.41) is 0. The maximum atomic E-state index is 12.8. The normalized spacial score (nSPS) is 11.6. The molecule has 0 bridgehead atoms. The van der Waals surface area contributed by atoms with Crippen LogP contribution in [0, 0.1) is 17.5 Å². The summed E-state index contributed by atoms with van der Waals surface area (Å²) in [5.74, 6) is -4.03. The van der Waals surface area contributed by atoms with E-state index in [1.165, 1.54) is 6.08 Å². The van der Waals surface area contributed by atoms with Crippen molar-refractivity contribution in [3.05, 3.63) is 40.7 Å². The zero-order valence-corrected chi connectivity index (χ0v) is 8.06. The fourth-order valence-corrected chi connectivity index (χ4v) is 1.09. The molecule has 0 saturated heterocycles. The number of hydrogen-bond acceptors (Lipinski definition) is 1. The molecule has 0 saturated carbocycles. The van der Waals surface area contributed by atoms with Crippen LogP contribution in [0.2, 0.25) is 0 Å². The van der Waals surface area contributed by atoms with Crippen LogP contribution >= 0.6 is 0 Å². The number of hydrogen-bond donors (Lipinski definition) is 0. The SMILES string of the molecule is CCC(C=O)=Cc1cc(F)c(F)c(F)c1. The summed E-state index contributed by atoms with van der Waals surface area (Å²) in [7, 11) is 0. The van der Waals surface area contributed by atoms with Crippen LogP contribution < -0.4 is 0 Å². The highest BCUT2D eigenvalue weighted by atomic mass is 19.2. The number of carbonyl (C=O) groups is 1. The van der Waals surface area contributed by atoms with Crippen LogP contribution in [0.3, 0.4) is 0 Å². The number of benzene rings is 1. The van der Waals surface area contributed by atoms with Crippen molar-refractivity contribution in [3.8, 4) is 0 Å². The standard InChI is InChI=1S/C11H9F3O/c1-2-7(6-15)3-8-4-9(12)11(14)10(13)5-8/h3-6H,2H2,1H3. The predicted molar refractivity (Wildman–Crippen MR) is 50.6 cm³/mol. The lowest BCUT2D eigenvalue weighted by atomic mass is 10.1. The van der Waals surface area contributed by atoms with E-state index in [-0.39, 0.29) is 5.56 Å². The fraction of sp³-hybridized carbons (Fsp3) is 0.182. The summed E-state index contributed by atoms with van der Waals surface area (Å²) in [6, 6.07) is 1.69. The Bertz CT molecular complexity index is 387. The Morgan fingerprint density at radius 1 is 1.27 bits per heavy atom. The Hall–Kier alpha value is -1.58. The van der Waals surface area contributed by atoms with Crippen LogP contribution in [0.4, 0.5) is 13.2 Å². The lowest BCUT2D eigenvalue weighted by Gasteiger charge is -1.99. The zero-order valence-electron chi connectivity index (χ0n) is 8.06. The first-order valence-corrected chi connectivity index (χ1v) is 4.38. The number of halogens is 3. The first-order chi connectivity index (χ1) is 7.08. The molecule has 0 aliphatic carbocycles. The van der Waals surface area contributed by atoms with Crippen molar-refractivity contribution < 1.29 is 18.0 Å². The monoisotopic (exact) mass is 214 g/mol. The average molecular weight is 214 g/mol. The Morgan fingerprint density at radius 2 is 1.80 bits per heavy atom. The molecule has 0 aliphatic rings. The molecule has 0 amide bonds. The van der Waals surface area contributed by atoms with E-state index in [1.54, 1.807) is 6.92 Å². The number of allylic oxidation sites excluding steroid dienone is 1. The van der Waals surface area contributed by atoms with E-state index in [0.717, 1.165) is 12.1 Å². The molecule has 15 heavy (non-hydrogen) atoms. The molecule has 0 heterocycles. The van der Waals surface area contributed by atoms with Gasteiger partial charge in [0.2, 0.25) is 0 Å². The molecule has 1 aromatic rings. The Morgan fingerprint density at radius 3 is 2.20 bits per heavy atom. The summed E-state index contributed by atoms with van der Waals surface area (Å²) in [6.45, 7) is 1.73. The van der Waals surface area contributed by atoms with Gasteiger partial charge in [0, 0.05) is 0 Å². The van der Waals surface area contributed by atoms with Gasteiger partial charge in [0.1, 0.15) is 6.29 Å². The smallest absolute Gasteiger partial charge is 0.194 e. The number of rotatable bonds is 3. The van der Waals surface area contributed by atoms with Gasteiger partial charge < -0.3 is 0 Å². The van der Waals surface area contributed by atoms with Crippen LogP contribution in [-0.2, 0) is 4.79 Å². The van der Waals surface area contributed by atoms with Gasteiger partial charge in [-0.2, -0.15) is 0 Å². The predicted octanol–water partition coefficient (Wildman–Crippen LogP) is 3.10. The number of carbonyl (C=O) groups excluding carboxylic acids is 1. The Labute approximate surface area is 85.2 Å². The third-order valence-electron chi connectivity index (χ3n) is 1.92. The lowest BCUT2D eigenvalue weighted by molar-refractivity contribution is -0.104. The fourth-order valence-electron chi connectivity index (χ4n) is 1.09. The third-order valence-corrected chi connectivity index (χ3v) is 1.92. The van der Waals surface area contributed by atoms with Gasteiger partial charge in [-0.3, -0.25) is 4.79 Å². The van der Waals surface area contributed by atoms with Crippen LogP contribution in [-0.4, -0.2) is 6.29 Å². The molecule has 4 heteroatoms. The summed E-state index contributed by atoms with van der Waals surface area (Å²) < 4.78 is 38.1. The van der Waals surface area contributed by atoms with Crippen molar-refractivity contribution in [1.29, 1.82) is 0 Å². The van der Waals surface area contributed by atoms with Gasteiger partial charge in [-0.1, -0.05) is 6.92 Å². The van der Waals surface area contributed by atoms with Crippen LogP contribution in [0.25, 0.3) is 6.08 Å².